The van der Waals surface area contributed by atoms with E-state index in [0.29, 0.717) is 28.2 Å². The van der Waals surface area contributed by atoms with Crippen molar-refractivity contribution in [1.82, 2.24) is 14.9 Å². The van der Waals surface area contributed by atoms with Crippen molar-refractivity contribution in [2.75, 3.05) is 20.4 Å². The molecule has 0 radical (unpaired) electrons. The zero-order valence-corrected chi connectivity index (χ0v) is 22.4. The molecule has 1 fully saturated rings. The Kier molecular flexibility index (Phi) is 6.57. The maximum absolute atomic E-state index is 12.9. The first-order valence-corrected chi connectivity index (χ1v) is 12.5. The minimum Gasteiger partial charge on any atom is -0.471 e. The highest BCUT2D eigenvalue weighted by Gasteiger charge is 2.43. The minimum absolute atomic E-state index is 0.119. The van der Waals surface area contributed by atoms with Crippen LogP contribution in [0.3, 0.4) is 0 Å². The first-order chi connectivity index (χ1) is 17.6. The largest absolute Gasteiger partial charge is 0.471 e. The summed E-state index contributed by atoms with van der Waals surface area (Å²) in [6.45, 7) is 5.55. The van der Waals surface area contributed by atoms with Crippen LogP contribution in [-0.2, 0) is 14.3 Å². The number of likely N-dealkylation sites (tertiary alicyclic amines) is 1. The molecule has 0 saturated carbocycles. The average molecular weight is 572 g/mol. The lowest BCUT2D eigenvalue weighted by molar-refractivity contribution is -0.145. The Labute approximate surface area is 221 Å². The van der Waals surface area contributed by atoms with E-state index >= 15 is 0 Å². The van der Waals surface area contributed by atoms with Gasteiger partial charge in [0, 0.05) is 28.6 Å². The molecule has 1 saturated heterocycles. The maximum atomic E-state index is 12.9. The number of carbonyl (C=O) groups excluding carboxylic acids is 2. The van der Waals surface area contributed by atoms with Crippen LogP contribution in [0, 0.1) is 0 Å². The number of fused-ring (bicyclic) bond motifs is 2. The zero-order chi connectivity index (χ0) is 26.3. The maximum Gasteiger partial charge on any atom is 0.411 e. The number of halogens is 1. The molecule has 2 aliphatic rings. The lowest BCUT2D eigenvalue weighted by Gasteiger charge is -2.27. The predicted molar refractivity (Wildman–Crippen MR) is 137 cm³/mol. The van der Waals surface area contributed by atoms with Gasteiger partial charge < -0.3 is 23.7 Å². The lowest BCUT2D eigenvalue weighted by Crippen LogP contribution is -2.44. The van der Waals surface area contributed by atoms with Gasteiger partial charge in [0.15, 0.2) is 11.5 Å². The molecular formula is C26H26BrN3O7. The molecule has 0 aliphatic carbocycles. The van der Waals surface area contributed by atoms with Crippen molar-refractivity contribution in [2.24, 2.45) is 0 Å². The molecule has 2 atom stereocenters. The quantitative estimate of drug-likeness (QED) is 0.411. The van der Waals surface area contributed by atoms with Gasteiger partial charge in [-0.2, -0.15) is 0 Å². The number of rotatable bonds is 4. The summed E-state index contributed by atoms with van der Waals surface area (Å²) in [5, 5.41) is 0. The lowest BCUT2D eigenvalue weighted by atomic mass is 10.1. The second-order valence-electron chi connectivity index (χ2n) is 9.73. The number of aromatic nitrogens is 2. The molecule has 10 nitrogen and oxygen atoms in total. The zero-order valence-electron chi connectivity index (χ0n) is 20.8. The van der Waals surface area contributed by atoms with E-state index in [1.807, 2.05) is 24.3 Å². The van der Waals surface area contributed by atoms with Gasteiger partial charge in [0.05, 0.1) is 24.7 Å². The minimum atomic E-state index is -0.846. The average Bonchev–Trinajstić information content (AvgIpc) is 3.47. The third kappa shape index (κ3) is 5.27. The van der Waals surface area contributed by atoms with Crippen LogP contribution in [0.1, 0.15) is 27.2 Å². The molecule has 194 valence electrons. The summed E-state index contributed by atoms with van der Waals surface area (Å²) in [5.74, 6) is 0.900. The van der Waals surface area contributed by atoms with Crippen LogP contribution in [0.2, 0.25) is 0 Å². The molecule has 3 heterocycles. The van der Waals surface area contributed by atoms with Crippen molar-refractivity contribution < 1.29 is 33.3 Å². The summed E-state index contributed by atoms with van der Waals surface area (Å²) in [6.07, 6.45) is -0.952. The number of methoxy groups -OCH3 is 1. The summed E-state index contributed by atoms with van der Waals surface area (Å²) in [5.41, 5.74) is 1.74. The van der Waals surface area contributed by atoms with Crippen molar-refractivity contribution in [3.05, 3.63) is 40.9 Å². The molecule has 3 aromatic rings. The van der Waals surface area contributed by atoms with Gasteiger partial charge >= 0.3 is 12.1 Å². The van der Waals surface area contributed by atoms with E-state index in [4.69, 9.17) is 33.7 Å². The van der Waals surface area contributed by atoms with Gasteiger partial charge in [0.1, 0.15) is 23.4 Å². The van der Waals surface area contributed by atoms with Crippen LogP contribution in [0.15, 0.2) is 40.9 Å². The third-order valence-corrected chi connectivity index (χ3v) is 6.36. The Bertz CT molecular complexity index is 1370. The highest BCUT2D eigenvalue weighted by Crippen LogP contribution is 2.38. The Morgan fingerprint density at radius 1 is 1.08 bits per heavy atom. The van der Waals surface area contributed by atoms with Gasteiger partial charge in [0.2, 0.25) is 12.7 Å². The molecule has 37 heavy (non-hydrogen) atoms. The number of esters is 1. The number of carbonyl (C=O) groups is 2. The smallest absolute Gasteiger partial charge is 0.411 e. The molecule has 0 unspecified atom stereocenters. The molecule has 1 aromatic heterocycles. The number of nitrogens with zero attached hydrogens (tertiary/aromatic N) is 3. The van der Waals surface area contributed by atoms with Gasteiger partial charge in [-0.1, -0.05) is 28.1 Å². The summed E-state index contributed by atoms with van der Waals surface area (Å²) in [4.78, 5) is 36.3. The van der Waals surface area contributed by atoms with Crippen LogP contribution in [0.5, 0.6) is 17.4 Å². The topological polar surface area (TPSA) is 109 Å². The number of amides is 1. The van der Waals surface area contributed by atoms with Crippen molar-refractivity contribution in [3.63, 3.8) is 0 Å². The van der Waals surface area contributed by atoms with Gasteiger partial charge in [-0.15, -0.1) is 0 Å². The SMILES string of the molecule is COC(=O)[C@@H]1C[C@@H](Oc2nc3cc4c(cc3nc2-c2cccc(Br)c2)OCO4)CN1C(=O)OC(C)(C)C. The monoisotopic (exact) mass is 571 g/mol. The summed E-state index contributed by atoms with van der Waals surface area (Å²) in [6, 6.07) is 10.3. The molecule has 2 aliphatic heterocycles. The summed E-state index contributed by atoms with van der Waals surface area (Å²) >= 11 is 3.51. The molecule has 0 spiro atoms. The standard InChI is InChI=1S/C26H26BrN3O7/c1-26(2,3)37-25(32)30-12-16(9-19(30)24(31)33-4)36-23-22(14-6-5-7-15(27)8-14)28-17-10-20-21(35-13-34-20)11-18(17)29-23/h5-8,10-11,16,19H,9,12-13H2,1-4H3/t16-,19+/m1/s1. The van der Waals surface area contributed by atoms with E-state index in [2.05, 4.69) is 15.9 Å². The normalized spacial score (nSPS) is 18.7. The molecule has 5 rings (SSSR count). The van der Waals surface area contributed by atoms with Crippen LogP contribution in [0.4, 0.5) is 4.79 Å². The second-order valence-corrected chi connectivity index (χ2v) is 10.6. The highest BCUT2D eigenvalue weighted by molar-refractivity contribution is 9.10. The fraction of sp³-hybridized carbons (Fsp3) is 0.385. The first kappa shape index (κ1) is 25.1. The Morgan fingerprint density at radius 2 is 1.78 bits per heavy atom. The number of benzene rings is 2. The van der Waals surface area contributed by atoms with Crippen LogP contribution in [0.25, 0.3) is 22.3 Å². The van der Waals surface area contributed by atoms with Crippen LogP contribution < -0.4 is 14.2 Å². The Balaban J connectivity index is 1.51. The molecule has 1 amide bonds. The van der Waals surface area contributed by atoms with Crippen molar-refractivity contribution in [1.29, 1.82) is 0 Å². The van der Waals surface area contributed by atoms with Gasteiger partial charge in [-0.3, -0.25) is 4.90 Å². The number of ether oxygens (including phenoxy) is 5. The van der Waals surface area contributed by atoms with E-state index < -0.39 is 29.8 Å². The van der Waals surface area contributed by atoms with Crippen LogP contribution >= 0.6 is 15.9 Å². The number of hydrogen-bond acceptors (Lipinski definition) is 9. The predicted octanol–water partition coefficient (Wildman–Crippen LogP) is 4.72. The highest BCUT2D eigenvalue weighted by atomic mass is 79.9. The summed E-state index contributed by atoms with van der Waals surface area (Å²) < 4.78 is 28.7. The third-order valence-electron chi connectivity index (χ3n) is 5.87. The first-order valence-electron chi connectivity index (χ1n) is 11.7. The second kappa shape index (κ2) is 9.70. The van der Waals surface area contributed by atoms with E-state index in [1.54, 1.807) is 32.9 Å². The fourth-order valence-corrected chi connectivity index (χ4v) is 4.66. The Hall–Kier alpha value is -3.60. The molecule has 0 bridgehead atoms. The molecule has 2 aromatic carbocycles. The Morgan fingerprint density at radius 3 is 2.43 bits per heavy atom. The van der Waals surface area contributed by atoms with Gasteiger partial charge in [-0.05, 0) is 32.9 Å². The van der Waals surface area contributed by atoms with E-state index in [-0.39, 0.29) is 25.6 Å². The van der Waals surface area contributed by atoms with Gasteiger partial charge in [-0.25, -0.2) is 19.6 Å². The van der Waals surface area contributed by atoms with Crippen molar-refractivity contribution in [3.8, 4) is 28.6 Å². The van der Waals surface area contributed by atoms with E-state index in [1.165, 1.54) is 12.0 Å². The van der Waals surface area contributed by atoms with Crippen molar-refractivity contribution in [2.45, 2.75) is 44.9 Å². The number of hydrogen-bond donors (Lipinski definition) is 0. The fourth-order valence-electron chi connectivity index (χ4n) is 4.26. The van der Waals surface area contributed by atoms with E-state index in [9.17, 15) is 9.59 Å². The van der Waals surface area contributed by atoms with Gasteiger partial charge in [0.25, 0.3) is 0 Å². The molecular weight excluding hydrogens is 546 g/mol. The summed E-state index contributed by atoms with van der Waals surface area (Å²) in [7, 11) is 1.29. The molecule has 0 N–H and O–H groups in total. The van der Waals surface area contributed by atoms with E-state index in [0.717, 1.165) is 10.0 Å². The molecule has 11 heteroatoms. The van der Waals surface area contributed by atoms with Crippen LogP contribution in [-0.4, -0.2) is 65.1 Å². The van der Waals surface area contributed by atoms with Crippen molar-refractivity contribution >= 4 is 39.0 Å².